The summed E-state index contributed by atoms with van der Waals surface area (Å²) in [5.74, 6) is 0.704. The van der Waals surface area contributed by atoms with Crippen LogP contribution < -0.4 is 5.32 Å². The number of aromatic nitrogens is 1. The van der Waals surface area contributed by atoms with Gasteiger partial charge in [0.05, 0.1) is 0 Å². The van der Waals surface area contributed by atoms with Gasteiger partial charge in [-0.1, -0.05) is 48.3 Å². The SMILES string of the molecule is Cc1onc(-c2ccccc2)c1C(=O)NCC1CC(=O)N(C2CCCC2)C1. The number of aryl methyl sites for hydroxylation is 1. The lowest BCUT2D eigenvalue weighted by Gasteiger charge is -2.24. The molecule has 27 heavy (non-hydrogen) atoms. The zero-order chi connectivity index (χ0) is 18.8. The van der Waals surface area contributed by atoms with Gasteiger partial charge in [0.2, 0.25) is 5.91 Å². The van der Waals surface area contributed by atoms with E-state index in [1.54, 1.807) is 6.92 Å². The fourth-order valence-electron chi connectivity index (χ4n) is 4.27. The molecule has 1 atom stereocenters. The number of nitrogens with zero attached hydrogens (tertiary/aromatic N) is 2. The van der Waals surface area contributed by atoms with Crippen molar-refractivity contribution in [3.63, 3.8) is 0 Å². The largest absolute Gasteiger partial charge is 0.360 e. The van der Waals surface area contributed by atoms with Crippen LogP contribution in [0.4, 0.5) is 0 Å². The Bertz CT molecular complexity index is 824. The summed E-state index contributed by atoms with van der Waals surface area (Å²) < 4.78 is 5.27. The molecule has 2 aliphatic rings. The van der Waals surface area contributed by atoms with Gasteiger partial charge in [0.15, 0.2) is 0 Å². The van der Waals surface area contributed by atoms with E-state index in [1.807, 2.05) is 35.2 Å². The lowest BCUT2D eigenvalue weighted by atomic mass is 10.0. The standard InChI is InChI=1S/C21H25N3O3/c1-14-19(20(23-27-14)16-7-3-2-4-8-16)21(26)22-12-15-11-18(25)24(13-15)17-9-5-6-10-17/h2-4,7-8,15,17H,5-6,9-13H2,1H3,(H,22,26). The number of nitrogens with one attached hydrogen (secondary N) is 1. The van der Waals surface area contributed by atoms with E-state index >= 15 is 0 Å². The highest BCUT2D eigenvalue weighted by Crippen LogP contribution is 2.29. The number of carbonyl (C=O) groups excluding carboxylic acids is 2. The summed E-state index contributed by atoms with van der Waals surface area (Å²) in [4.78, 5) is 27.1. The number of rotatable bonds is 5. The molecule has 0 bridgehead atoms. The van der Waals surface area contributed by atoms with E-state index in [4.69, 9.17) is 4.52 Å². The fraction of sp³-hybridized carbons (Fsp3) is 0.476. The van der Waals surface area contributed by atoms with E-state index in [1.165, 1.54) is 12.8 Å². The van der Waals surface area contributed by atoms with Gasteiger partial charge >= 0.3 is 0 Å². The number of benzene rings is 1. The number of carbonyl (C=O) groups is 2. The molecular formula is C21H25N3O3. The van der Waals surface area contributed by atoms with E-state index in [0.29, 0.717) is 36.0 Å². The highest BCUT2D eigenvalue weighted by Gasteiger charge is 2.35. The van der Waals surface area contributed by atoms with Crippen molar-refractivity contribution in [2.45, 2.75) is 45.1 Å². The molecule has 0 radical (unpaired) electrons. The van der Waals surface area contributed by atoms with Gasteiger partial charge in [-0.2, -0.15) is 0 Å². The summed E-state index contributed by atoms with van der Waals surface area (Å²) in [6.45, 7) is 2.99. The van der Waals surface area contributed by atoms with Gasteiger partial charge in [-0.3, -0.25) is 9.59 Å². The summed E-state index contributed by atoms with van der Waals surface area (Å²) in [6, 6.07) is 9.95. The maximum Gasteiger partial charge on any atom is 0.257 e. The Hall–Kier alpha value is -2.63. The molecule has 6 nitrogen and oxygen atoms in total. The van der Waals surface area contributed by atoms with Gasteiger partial charge in [-0.25, -0.2) is 0 Å². The maximum atomic E-state index is 12.8. The highest BCUT2D eigenvalue weighted by molar-refractivity contribution is 6.00. The lowest BCUT2D eigenvalue weighted by Crippen LogP contribution is -2.36. The summed E-state index contributed by atoms with van der Waals surface area (Å²) in [7, 11) is 0. The van der Waals surface area contributed by atoms with Crippen molar-refractivity contribution >= 4 is 11.8 Å². The third-order valence-electron chi connectivity index (χ3n) is 5.69. The predicted octanol–water partition coefficient (Wildman–Crippen LogP) is 3.17. The molecule has 1 aromatic carbocycles. The van der Waals surface area contributed by atoms with Crippen LogP contribution in [0.5, 0.6) is 0 Å². The molecule has 1 aliphatic heterocycles. The summed E-state index contributed by atoms with van der Waals surface area (Å²) in [5, 5.41) is 7.06. The molecule has 142 valence electrons. The zero-order valence-electron chi connectivity index (χ0n) is 15.6. The fourth-order valence-corrected chi connectivity index (χ4v) is 4.27. The van der Waals surface area contributed by atoms with Crippen LogP contribution in [0.25, 0.3) is 11.3 Å². The van der Waals surface area contributed by atoms with E-state index in [2.05, 4.69) is 10.5 Å². The Morgan fingerprint density at radius 2 is 2.00 bits per heavy atom. The lowest BCUT2D eigenvalue weighted by molar-refractivity contribution is -0.129. The minimum absolute atomic E-state index is 0.169. The van der Waals surface area contributed by atoms with Crippen LogP contribution in [0.1, 0.15) is 48.2 Å². The van der Waals surface area contributed by atoms with E-state index < -0.39 is 0 Å². The number of likely N-dealkylation sites (tertiary alicyclic amines) is 1. The summed E-state index contributed by atoms with van der Waals surface area (Å²) >= 11 is 0. The Balaban J connectivity index is 1.41. The Labute approximate surface area is 158 Å². The molecule has 2 heterocycles. The Morgan fingerprint density at radius 3 is 2.74 bits per heavy atom. The summed E-state index contributed by atoms with van der Waals surface area (Å²) in [5.41, 5.74) is 1.88. The maximum absolute atomic E-state index is 12.8. The molecule has 6 heteroatoms. The third kappa shape index (κ3) is 3.61. The highest BCUT2D eigenvalue weighted by atomic mass is 16.5. The molecule has 2 aromatic rings. The molecule has 0 spiro atoms. The van der Waals surface area contributed by atoms with Crippen LogP contribution in [0.15, 0.2) is 34.9 Å². The average molecular weight is 367 g/mol. The molecule has 1 N–H and O–H groups in total. The first-order valence-corrected chi connectivity index (χ1v) is 9.73. The van der Waals surface area contributed by atoms with Crippen LogP contribution in [0.3, 0.4) is 0 Å². The minimum atomic E-state index is -0.195. The van der Waals surface area contributed by atoms with Gasteiger partial charge < -0.3 is 14.7 Å². The first-order chi connectivity index (χ1) is 13.1. The van der Waals surface area contributed by atoms with Crippen molar-refractivity contribution < 1.29 is 14.1 Å². The Kier molecular flexibility index (Phi) is 4.97. The van der Waals surface area contributed by atoms with Crippen molar-refractivity contribution in [3.8, 4) is 11.3 Å². The second-order valence-electron chi connectivity index (χ2n) is 7.59. The third-order valence-corrected chi connectivity index (χ3v) is 5.69. The van der Waals surface area contributed by atoms with Crippen molar-refractivity contribution in [2.24, 2.45) is 5.92 Å². The molecule has 1 unspecified atom stereocenters. The predicted molar refractivity (Wildman–Crippen MR) is 101 cm³/mol. The van der Waals surface area contributed by atoms with Crippen molar-refractivity contribution in [1.29, 1.82) is 0 Å². The molecule has 1 aliphatic carbocycles. The number of hydrogen-bond donors (Lipinski definition) is 1. The molecule has 2 fully saturated rings. The monoisotopic (exact) mass is 367 g/mol. The molecule has 4 rings (SSSR count). The van der Waals surface area contributed by atoms with Crippen LogP contribution in [0.2, 0.25) is 0 Å². The van der Waals surface area contributed by atoms with Crippen molar-refractivity contribution in [2.75, 3.05) is 13.1 Å². The Morgan fingerprint density at radius 1 is 1.26 bits per heavy atom. The second-order valence-corrected chi connectivity index (χ2v) is 7.59. The molecular weight excluding hydrogens is 342 g/mol. The molecule has 1 aromatic heterocycles. The van der Waals surface area contributed by atoms with Gasteiger partial charge in [-0.15, -0.1) is 0 Å². The molecule has 1 saturated carbocycles. The average Bonchev–Trinajstić information content (AvgIpc) is 3.40. The minimum Gasteiger partial charge on any atom is -0.360 e. The van der Waals surface area contributed by atoms with Crippen molar-refractivity contribution in [3.05, 3.63) is 41.7 Å². The smallest absolute Gasteiger partial charge is 0.257 e. The quantitative estimate of drug-likeness (QED) is 0.881. The van der Waals surface area contributed by atoms with Gasteiger partial charge in [0.25, 0.3) is 5.91 Å². The van der Waals surface area contributed by atoms with E-state index in [0.717, 1.165) is 24.9 Å². The second kappa shape index (κ2) is 7.55. The van der Waals surface area contributed by atoms with Crippen LogP contribution in [0, 0.1) is 12.8 Å². The van der Waals surface area contributed by atoms with Crippen LogP contribution in [-0.4, -0.2) is 41.0 Å². The number of amides is 2. The van der Waals surface area contributed by atoms with E-state index in [-0.39, 0.29) is 17.7 Å². The first kappa shape index (κ1) is 17.8. The zero-order valence-corrected chi connectivity index (χ0v) is 15.6. The topological polar surface area (TPSA) is 75.4 Å². The van der Waals surface area contributed by atoms with Crippen LogP contribution in [-0.2, 0) is 4.79 Å². The van der Waals surface area contributed by atoms with Crippen LogP contribution >= 0.6 is 0 Å². The van der Waals surface area contributed by atoms with Gasteiger partial charge in [0, 0.05) is 37.0 Å². The molecule has 1 saturated heterocycles. The summed E-state index contributed by atoms with van der Waals surface area (Å²) in [6.07, 6.45) is 5.18. The van der Waals surface area contributed by atoms with E-state index in [9.17, 15) is 9.59 Å². The molecule has 2 amide bonds. The van der Waals surface area contributed by atoms with Gasteiger partial charge in [0.1, 0.15) is 17.0 Å². The first-order valence-electron chi connectivity index (χ1n) is 9.73. The normalized spacial score (nSPS) is 20.4. The van der Waals surface area contributed by atoms with Crippen molar-refractivity contribution in [1.82, 2.24) is 15.4 Å². The number of hydrogen-bond acceptors (Lipinski definition) is 4. The van der Waals surface area contributed by atoms with Gasteiger partial charge in [-0.05, 0) is 19.8 Å².